The fourth-order valence-corrected chi connectivity index (χ4v) is 2.17. The van der Waals surface area contributed by atoms with Crippen molar-refractivity contribution in [1.29, 1.82) is 0 Å². The summed E-state index contributed by atoms with van der Waals surface area (Å²) in [7, 11) is 0. The van der Waals surface area contributed by atoms with E-state index < -0.39 is 17.5 Å². The third-order valence-electron chi connectivity index (χ3n) is 3.27. The van der Waals surface area contributed by atoms with Gasteiger partial charge in [-0.25, -0.2) is 4.39 Å². The molecule has 116 valence electrons. The normalized spacial score (nSPS) is 11.9. The van der Waals surface area contributed by atoms with Crippen LogP contribution in [0, 0.1) is 5.82 Å². The van der Waals surface area contributed by atoms with Crippen LogP contribution in [0.1, 0.15) is 27.7 Å². The molecule has 0 bridgehead atoms. The highest BCUT2D eigenvalue weighted by atomic mass is 19.1. The van der Waals surface area contributed by atoms with Crippen LogP contribution < -0.4 is 10.9 Å². The summed E-state index contributed by atoms with van der Waals surface area (Å²) >= 11 is 0. The lowest BCUT2D eigenvalue weighted by Crippen LogP contribution is -2.29. The lowest BCUT2D eigenvalue weighted by Gasteiger charge is -2.19. The molecule has 1 aromatic carbocycles. The maximum absolute atomic E-state index is 13.1. The van der Waals surface area contributed by atoms with Crippen molar-refractivity contribution in [3.63, 3.8) is 0 Å². The molecule has 2 aromatic heterocycles. The Balaban J connectivity index is 1.94. The summed E-state index contributed by atoms with van der Waals surface area (Å²) in [5.41, 5.74) is 0.944. The van der Waals surface area contributed by atoms with Crippen LogP contribution in [-0.4, -0.2) is 16.0 Å². The largest absolute Gasteiger partial charge is 0.373 e. The third-order valence-corrected chi connectivity index (χ3v) is 3.27. The number of carbonyl (C=O) groups excluding carboxylic acids is 1. The summed E-state index contributed by atoms with van der Waals surface area (Å²) in [6.45, 7) is 0. The zero-order valence-corrected chi connectivity index (χ0v) is 11.8. The zero-order valence-electron chi connectivity index (χ0n) is 11.8. The molecule has 3 aromatic rings. The van der Waals surface area contributed by atoms with Crippen molar-refractivity contribution in [2.45, 2.75) is 6.04 Å². The second-order valence-electron chi connectivity index (χ2n) is 4.82. The quantitative estimate of drug-likeness (QED) is 0.771. The van der Waals surface area contributed by atoms with Crippen LogP contribution in [0.3, 0.4) is 0 Å². The van der Waals surface area contributed by atoms with Crippen molar-refractivity contribution in [3.8, 4) is 0 Å². The Morgan fingerprint density at radius 3 is 2.39 bits per heavy atom. The summed E-state index contributed by atoms with van der Waals surface area (Å²) in [4.78, 5) is 27.2. The van der Waals surface area contributed by atoms with Gasteiger partial charge in [0.1, 0.15) is 5.82 Å². The molecule has 0 unspecified atom stereocenters. The minimum absolute atomic E-state index is 0.129. The molecule has 0 fully saturated rings. The van der Waals surface area contributed by atoms with Crippen molar-refractivity contribution < 1.29 is 13.7 Å². The van der Waals surface area contributed by atoms with Crippen molar-refractivity contribution in [2.75, 3.05) is 0 Å². The fourth-order valence-electron chi connectivity index (χ4n) is 2.17. The number of halogens is 1. The van der Waals surface area contributed by atoms with E-state index >= 15 is 0 Å². The molecule has 2 N–H and O–H groups in total. The van der Waals surface area contributed by atoms with Gasteiger partial charge in [-0.15, -0.1) is 0 Å². The molecule has 1 amide bonds. The van der Waals surface area contributed by atoms with E-state index in [0.717, 1.165) is 11.6 Å². The molecular weight excluding hydrogens is 301 g/mol. The van der Waals surface area contributed by atoms with Gasteiger partial charge in [-0.1, -0.05) is 12.1 Å². The number of nitrogens with zero attached hydrogens (tertiary/aromatic N) is 1. The summed E-state index contributed by atoms with van der Waals surface area (Å²) in [5, 5.41) is 4.82. The Labute approximate surface area is 129 Å². The van der Waals surface area contributed by atoms with Gasteiger partial charge in [0, 0.05) is 12.4 Å². The first-order chi connectivity index (χ1) is 11.1. The average molecular weight is 313 g/mol. The number of amides is 1. The Kier molecular flexibility index (Phi) is 4.01. The zero-order chi connectivity index (χ0) is 16.2. The monoisotopic (exact) mass is 313 g/mol. The molecule has 0 radical (unpaired) electrons. The molecule has 1 atom stereocenters. The van der Waals surface area contributed by atoms with Gasteiger partial charge < -0.3 is 9.84 Å². The molecule has 6 nitrogen and oxygen atoms in total. The van der Waals surface area contributed by atoms with Gasteiger partial charge in [-0.2, -0.15) is 5.16 Å². The Morgan fingerprint density at radius 2 is 1.78 bits per heavy atom. The van der Waals surface area contributed by atoms with Crippen molar-refractivity contribution in [1.82, 2.24) is 15.5 Å². The van der Waals surface area contributed by atoms with Gasteiger partial charge >= 0.3 is 0 Å². The number of aromatic amines is 1. The summed E-state index contributed by atoms with van der Waals surface area (Å²) in [6, 6.07) is 9.78. The lowest BCUT2D eigenvalue weighted by molar-refractivity contribution is 0.0905. The number of hydrogen-bond donors (Lipinski definition) is 2. The second kappa shape index (κ2) is 6.27. The molecule has 0 aliphatic heterocycles. The molecule has 0 aliphatic rings. The number of pyridine rings is 1. The Hall–Kier alpha value is -3.22. The third kappa shape index (κ3) is 3.34. The molecule has 0 aliphatic carbocycles. The van der Waals surface area contributed by atoms with E-state index in [1.54, 1.807) is 36.7 Å². The standard InChI is InChI=1S/C16H12FN3O3/c17-12-3-1-10(2-4-12)15(11-5-7-18-8-6-11)19-16(22)13-9-14(21)20-23-13/h1-9,15H,(H,19,22)(H,20,21)/t15-/m0/s1. The molecule has 7 heteroatoms. The molecule has 2 heterocycles. The molecule has 23 heavy (non-hydrogen) atoms. The molecule has 0 saturated heterocycles. The molecular formula is C16H12FN3O3. The second-order valence-corrected chi connectivity index (χ2v) is 4.82. The van der Waals surface area contributed by atoms with E-state index in [1.807, 2.05) is 0 Å². The minimum atomic E-state index is -0.561. The van der Waals surface area contributed by atoms with E-state index in [-0.39, 0.29) is 11.6 Å². The van der Waals surface area contributed by atoms with Gasteiger partial charge in [0.25, 0.3) is 11.5 Å². The van der Waals surface area contributed by atoms with Crippen LogP contribution in [0.5, 0.6) is 0 Å². The van der Waals surface area contributed by atoms with E-state index in [4.69, 9.17) is 4.52 Å². The SMILES string of the molecule is O=C(N[C@H](c1ccncc1)c1ccc(F)cc1)c1cc(=O)[nH]o1. The van der Waals surface area contributed by atoms with Gasteiger partial charge in [-0.05, 0) is 35.4 Å². The maximum atomic E-state index is 13.1. The van der Waals surface area contributed by atoms with Crippen LogP contribution >= 0.6 is 0 Å². The average Bonchev–Trinajstić information content (AvgIpc) is 3.01. The van der Waals surface area contributed by atoms with Gasteiger partial charge in [0.2, 0.25) is 5.76 Å². The Bertz CT molecular complexity index is 856. The van der Waals surface area contributed by atoms with E-state index in [0.29, 0.717) is 5.56 Å². The van der Waals surface area contributed by atoms with Crippen LogP contribution in [0.4, 0.5) is 4.39 Å². The first-order valence-corrected chi connectivity index (χ1v) is 6.78. The van der Waals surface area contributed by atoms with E-state index in [2.05, 4.69) is 15.5 Å². The van der Waals surface area contributed by atoms with Crippen molar-refractivity contribution >= 4 is 5.91 Å². The van der Waals surface area contributed by atoms with Gasteiger partial charge in [0.15, 0.2) is 0 Å². The highest BCUT2D eigenvalue weighted by molar-refractivity contribution is 5.91. The van der Waals surface area contributed by atoms with Crippen LogP contribution in [0.15, 0.2) is 64.2 Å². The molecule has 0 spiro atoms. The smallest absolute Gasteiger partial charge is 0.290 e. The number of aromatic nitrogens is 2. The van der Waals surface area contributed by atoms with Crippen molar-refractivity contribution in [3.05, 3.63) is 87.9 Å². The van der Waals surface area contributed by atoms with E-state index in [9.17, 15) is 14.0 Å². The van der Waals surface area contributed by atoms with E-state index in [1.165, 1.54) is 12.1 Å². The van der Waals surface area contributed by atoms with Crippen LogP contribution in [-0.2, 0) is 0 Å². The van der Waals surface area contributed by atoms with Crippen LogP contribution in [0.25, 0.3) is 0 Å². The number of H-pyrrole nitrogens is 1. The number of rotatable bonds is 4. The summed E-state index contributed by atoms with van der Waals surface area (Å²) in [5.74, 6) is -1.06. The minimum Gasteiger partial charge on any atom is -0.373 e. The summed E-state index contributed by atoms with van der Waals surface area (Å²) < 4.78 is 17.9. The number of nitrogens with one attached hydrogen (secondary N) is 2. The van der Waals surface area contributed by atoms with Gasteiger partial charge in [-0.3, -0.25) is 14.6 Å². The molecule has 3 rings (SSSR count). The predicted molar refractivity (Wildman–Crippen MR) is 79.3 cm³/mol. The first-order valence-electron chi connectivity index (χ1n) is 6.78. The topological polar surface area (TPSA) is 88.0 Å². The highest BCUT2D eigenvalue weighted by Gasteiger charge is 2.20. The molecule has 0 saturated carbocycles. The highest BCUT2D eigenvalue weighted by Crippen LogP contribution is 2.22. The summed E-state index contributed by atoms with van der Waals surface area (Å²) in [6.07, 6.45) is 3.18. The van der Waals surface area contributed by atoms with Crippen LogP contribution in [0.2, 0.25) is 0 Å². The lowest BCUT2D eigenvalue weighted by atomic mass is 9.99. The Morgan fingerprint density at radius 1 is 1.13 bits per heavy atom. The van der Waals surface area contributed by atoms with Crippen molar-refractivity contribution in [2.24, 2.45) is 0 Å². The van der Waals surface area contributed by atoms with Gasteiger partial charge in [0.05, 0.1) is 12.1 Å². The fraction of sp³-hybridized carbons (Fsp3) is 0.0625. The first kappa shape index (κ1) is 14.7. The number of hydrogen-bond acceptors (Lipinski definition) is 4. The predicted octanol–water partition coefficient (Wildman–Crippen LogP) is 2.02. The maximum Gasteiger partial charge on any atom is 0.290 e. The number of carbonyl (C=O) groups is 1. The number of benzene rings is 1.